The Kier molecular flexibility index (Phi) is 19.4. The Bertz CT molecular complexity index is 2590. The number of aliphatic carboxylic acids is 1. The van der Waals surface area contributed by atoms with Crippen molar-refractivity contribution in [2.45, 2.75) is 81.5 Å². The maximum atomic E-state index is 12.4. The van der Waals surface area contributed by atoms with Gasteiger partial charge in [-0.3, -0.25) is 27.6 Å². The summed E-state index contributed by atoms with van der Waals surface area (Å²) in [7, 11) is -22.7. The Labute approximate surface area is 355 Å². The van der Waals surface area contributed by atoms with Crippen LogP contribution in [-0.2, 0) is 60.2 Å². The van der Waals surface area contributed by atoms with E-state index in [9.17, 15) is 75.0 Å². The summed E-state index contributed by atoms with van der Waals surface area (Å²) in [5, 5.41) is 11.3. The van der Waals surface area contributed by atoms with E-state index in [2.05, 4.69) is 0 Å². The second-order valence-electron chi connectivity index (χ2n) is 13.9. The van der Waals surface area contributed by atoms with E-state index in [1.54, 1.807) is 41.6 Å². The lowest BCUT2D eigenvalue weighted by atomic mass is 10.1. The molecular weight excluding hydrogens is 911 g/mol. The van der Waals surface area contributed by atoms with Gasteiger partial charge in [-0.1, -0.05) is 12.5 Å². The lowest BCUT2D eigenvalue weighted by Gasteiger charge is -2.27. The monoisotopic (exact) mass is 960 g/mol. The summed E-state index contributed by atoms with van der Waals surface area (Å²) in [4.78, 5) is 24.6. The molecule has 21 nitrogen and oxygen atoms in total. The Morgan fingerprint density at radius 2 is 1.26 bits per heavy atom. The number of nitrogens with zero attached hydrogens (tertiary/aromatic N) is 2. The first-order chi connectivity index (χ1) is 27.9. The van der Waals surface area contributed by atoms with Crippen LogP contribution in [0, 0.1) is 13.8 Å². The third-order valence-corrected chi connectivity index (χ3v) is 12.9. The second-order valence-corrected chi connectivity index (χ2v) is 21.3. The number of benzene rings is 2. The molecule has 0 saturated carbocycles. The Morgan fingerprint density at radius 1 is 0.721 bits per heavy atom. The van der Waals surface area contributed by atoms with Crippen molar-refractivity contribution in [2.24, 2.45) is 0 Å². The second kappa shape index (κ2) is 22.3. The zero-order valence-corrected chi connectivity index (χ0v) is 37.4. The highest BCUT2D eigenvalue weighted by Crippen LogP contribution is 2.28. The van der Waals surface area contributed by atoms with Gasteiger partial charge in [0, 0.05) is 54.9 Å². The van der Waals surface area contributed by atoms with E-state index in [0.717, 1.165) is 12.1 Å². The average Bonchev–Trinajstić information content (AvgIpc) is 3.09. The van der Waals surface area contributed by atoms with Crippen LogP contribution in [0.4, 0.5) is 11.4 Å². The predicted octanol–water partition coefficient (Wildman–Crippen LogP) is 2.81. The molecule has 1 atom stereocenters. The normalized spacial score (nSPS) is 14.1. The SMILES string of the molecule is CC(=CC=CC(CCCCCC(=O)NC(CS(=O)(=O)O)C(=O)O)=[N+](CCCS(=O)(=O)O)c1ccc(S(=O)(=O)O)cc1C)N(CCCS(=O)(=O)O)c1ccc(S(=O)(=O)O)cc1C. The highest BCUT2D eigenvalue weighted by atomic mass is 32.2. The number of rotatable bonds is 25. The highest BCUT2D eigenvalue weighted by molar-refractivity contribution is 7.86. The molecule has 26 heteroatoms. The number of unbranched alkanes of at least 4 members (excludes halogenated alkanes) is 2. The van der Waals surface area contributed by atoms with Crippen LogP contribution in [0.2, 0.25) is 0 Å². The smallest absolute Gasteiger partial charge is 0.327 e. The lowest BCUT2D eigenvalue weighted by molar-refractivity contribution is -0.441. The van der Waals surface area contributed by atoms with Gasteiger partial charge in [-0.05, 0) is 82.0 Å². The molecule has 0 heterocycles. The van der Waals surface area contributed by atoms with Crippen LogP contribution in [0.25, 0.3) is 0 Å². The topological polar surface area (TPSA) is 344 Å². The molecule has 0 radical (unpaired) electrons. The summed E-state index contributed by atoms with van der Waals surface area (Å²) in [6.45, 7) is 4.70. The van der Waals surface area contributed by atoms with Crippen LogP contribution in [0.1, 0.15) is 63.0 Å². The number of nitrogens with one attached hydrogen (secondary N) is 1. The number of carboxylic acid groups (broad SMARTS) is 1. The zero-order chi connectivity index (χ0) is 46.6. The van der Waals surface area contributed by atoms with Crippen LogP contribution in [0.5, 0.6) is 0 Å². The molecule has 0 fully saturated rings. The van der Waals surface area contributed by atoms with E-state index in [1.807, 2.05) is 5.32 Å². The molecule has 0 spiro atoms. The van der Waals surface area contributed by atoms with Gasteiger partial charge in [-0.25, -0.2) is 4.79 Å². The van der Waals surface area contributed by atoms with Gasteiger partial charge in [-0.15, -0.1) is 0 Å². The Hall–Kier alpha value is -4.12. The minimum absolute atomic E-state index is 0.0102. The molecule has 7 N–H and O–H groups in total. The van der Waals surface area contributed by atoms with Crippen LogP contribution in [0.3, 0.4) is 0 Å². The number of aryl methyl sites for hydroxylation is 2. The molecule has 0 aromatic heterocycles. The molecule has 0 aliphatic rings. The van der Waals surface area contributed by atoms with E-state index < -0.39 is 90.7 Å². The fraction of sp³-hybridized carbons (Fsp3) is 0.457. The quantitative estimate of drug-likeness (QED) is 0.0247. The maximum absolute atomic E-state index is 12.4. The summed E-state index contributed by atoms with van der Waals surface area (Å²) < 4.78 is 165. The van der Waals surface area contributed by atoms with E-state index in [-0.39, 0.29) is 50.1 Å². The first-order valence-corrected chi connectivity index (χ1v) is 25.9. The predicted molar refractivity (Wildman–Crippen MR) is 223 cm³/mol. The third-order valence-electron chi connectivity index (χ3n) is 8.83. The number of allylic oxidation sites excluding steroid dienone is 4. The largest absolute Gasteiger partial charge is 0.480 e. The van der Waals surface area contributed by atoms with Gasteiger partial charge in [-0.2, -0.15) is 46.7 Å². The average molecular weight is 961 g/mol. The van der Waals surface area contributed by atoms with Gasteiger partial charge in [0.25, 0.3) is 50.6 Å². The molecule has 61 heavy (non-hydrogen) atoms. The molecule has 1 unspecified atom stereocenters. The summed E-state index contributed by atoms with van der Waals surface area (Å²) in [6, 6.07) is 5.57. The molecule has 342 valence electrons. The van der Waals surface area contributed by atoms with Crippen LogP contribution >= 0.6 is 0 Å². The summed E-state index contributed by atoms with van der Waals surface area (Å²) >= 11 is 0. The van der Waals surface area contributed by atoms with E-state index in [0.29, 0.717) is 46.8 Å². The van der Waals surface area contributed by atoms with Crippen molar-refractivity contribution < 1.29 is 84.1 Å². The van der Waals surface area contributed by atoms with Crippen molar-refractivity contribution in [1.29, 1.82) is 0 Å². The fourth-order valence-corrected chi connectivity index (χ4v) is 8.78. The summed E-state index contributed by atoms with van der Waals surface area (Å²) in [5.74, 6) is -4.98. The van der Waals surface area contributed by atoms with E-state index >= 15 is 0 Å². The Balaban J connectivity index is 2.65. The van der Waals surface area contributed by atoms with Crippen molar-refractivity contribution in [1.82, 2.24) is 5.32 Å². The third kappa shape index (κ3) is 19.6. The first-order valence-electron chi connectivity index (χ1n) is 18.2. The molecule has 0 bridgehead atoms. The van der Waals surface area contributed by atoms with Crippen molar-refractivity contribution in [3.8, 4) is 0 Å². The number of hydrogen-bond acceptors (Lipinski definition) is 13. The summed E-state index contributed by atoms with van der Waals surface area (Å²) in [5.41, 5.74) is 2.47. The van der Waals surface area contributed by atoms with Gasteiger partial charge in [0.1, 0.15) is 18.3 Å². The standard InChI is InChI=1S/C35H49N3O18S5/c1-25-22-29(60(51,52)53)14-16-32(25)37(18-8-20-57(42,43)44)27(3)10-7-12-28(11-5-4-6-13-34(39)36-31(35(40)41)24-59(48,49)50)38(19-9-21-58(45,46)47)33-17-15-30(23-26(33)2)61(54,55)56/h7,10,12,14-17,22-23,31H,4-6,8-9,11,13,18-21,24H2,1-3H3,(H6-,36,39,40,41,42,43,44,45,46,47,48,49,50,51,52,53,54,55,56)/p+1. The van der Waals surface area contributed by atoms with Gasteiger partial charge < -0.3 is 15.3 Å². The molecule has 0 aliphatic heterocycles. The molecule has 0 aliphatic carbocycles. The number of carbonyl (C=O) groups excluding carboxylic acids is 1. The molecule has 1 amide bonds. The van der Waals surface area contributed by atoms with Crippen molar-refractivity contribution in [3.63, 3.8) is 0 Å². The van der Waals surface area contributed by atoms with E-state index in [1.165, 1.54) is 31.2 Å². The Morgan fingerprint density at radius 3 is 1.77 bits per heavy atom. The minimum atomic E-state index is -4.73. The van der Waals surface area contributed by atoms with Crippen molar-refractivity contribution in [3.05, 3.63) is 71.5 Å². The highest BCUT2D eigenvalue weighted by Gasteiger charge is 2.26. The number of hydrogen-bond donors (Lipinski definition) is 7. The number of carboxylic acids is 1. The minimum Gasteiger partial charge on any atom is -0.480 e. The van der Waals surface area contributed by atoms with Gasteiger partial charge in [0.15, 0.2) is 5.71 Å². The van der Waals surface area contributed by atoms with Crippen molar-refractivity contribution >= 4 is 79.6 Å². The van der Waals surface area contributed by atoms with Gasteiger partial charge in [0.2, 0.25) is 11.6 Å². The van der Waals surface area contributed by atoms with E-state index in [4.69, 9.17) is 4.55 Å². The number of amides is 1. The zero-order valence-electron chi connectivity index (χ0n) is 33.3. The van der Waals surface area contributed by atoms with Crippen LogP contribution in [0.15, 0.2) is 70.1 Å². The maximum Gasteiger partial charge on any atom is 0.327 e. The van der Waals surface area contributed by atoms with Crippen molar-refractivity contribution in [2.75, 3.05) is 35.2 Å². The van der Waals surface area contributed by atoms with Crippen LogP contribution < -0.4 is 10.2 Å². The van der Waals surface area contributed by atoms with Gasteiger partial charge >= 0.3 is 5.97 Å². The molecule has 2 aromatic carbocycles. The first kappa shape index (κ1) is 53.0. The molecule has 0 saturated heterocycles. The fourth-order valence-electron chi connectivity index (χ4n) is 6.02. The molecular formula is C35H50N3O18S5+. The van der Waals surface area contributed by atoms with Crippen LogP contribution in [-0.4, -0.2) is 129 Å². The molecule has 2 rings (SSSR count). The molecule has 2 aromatic rings. The number of carbonyl (C=O) groups is 2. The number of anilines is 1. The summed E-state index contributed by atoms with van der Waals surface area (Å²) in [6.07, 6.45) is 5.42. The van der Waals surface area contributed by atoms with Gasteiger partial charge in [0.05, 0.1) is 21.3 Å². The lowest BCUT2D eigenvalue weighted by Crippen LogP contribution is -2.45.